The van der Waals surface area contributed by atoms with Crippen molar-refractivity contribution < 1.29 is 5.11 Å². The minimum absolute atomic E-state index is 0.252. The Morgan fingerprint density at radius 2 is 2.00 bits per heavy atom. The van der Waals surface area contributed by atoms with Crippen LogP contribution >= 0.6 is 0 Å². The van der Waals surface area contributed by atoms with Crippen LogP contribution in [0.2, 0.25) is 0 Å². The second-order valence-corrected chi connectivity index (χ2v) is 6.90. The second kappa shape index (κ2) is 6.12. The fourth-order valence-corrected chi connectivity index (χ4v) is 3.58. The number of benzene rings is 1. The van der Waals surface area contributed by atoms with Crippen LogP contribution in [0.15, 0.2) is 24.5 Å². The number of phenolic OH excluding ortho intramolecular Hbond substituents is 1. The lowest BCUT2D eigenvalue weighted by Gasteiger charge is -2.23. The maximum Gasteiger partial charge on any atom is 0.134 e. The molecule has 1 aliphatic carbocycles. The van der Waals surface area contributed by atoms with Crippen molar-refractivity contribution in [2.24, 2.45) is 0 Å². The minimum atomic E-state index is 0.252. The molecule has 4 rings (SSSR count). The highest BCUT2D eigenvalue weighted by Crippen LogP contribution is 2.39. The average Bonchev–Trinajstić information content (AvgIpc) is 3.45. The van der Waals surface area contributed by atoms with E-state index in [2.05, 4.69) is 21.8 Å². The van der Waals surface area contributed by atoms with E-state index in [1.165, 1.54) is 19.2 Å². The lowest BCUT2D eigenvalue weighted by atomic mass is 9.97. The van der Waals surface area contributed by atoms with Crippen molar-refractivity contribution in [3.8, 4) is 17.0 Å². The number of aromatic hydroxyl groups is 1. The molecule has 0 atom stereocenters. The summed E-state index contributed by atoms with van der Waals surface area (Å²) in [5.41, 5.74) is 10.4. The number of anilines is 2. The molecule has 2 aromatic heterocycles. The molecule has 1 saturated carbocycles. The van der Waals surface area contributed by atoms with E-state index in [0.717, 1.165) is 40.1 Å². The first-order valence-electron chi connectivity index (χ1n) is 8.98. The monoisotopic (exact) mass is 349 g/mol. The largest absolute Gasteiger partial charge is 0.508 e. The Bertz CT molecular complexity index is 997. The van der Waals surface area contributed by atoms with Gasteiger partial charge in [0.25, 0.3) is 0 Å². The number of phenols is 1. The molecule has 2 heterocycles. The number of nitrogens with two attached hydrogens (primary N) is 1. The van der Waals surface area contributed by atoms with Crippen molar-refractivity contribution in [1.29, 1.82) is 0 Å². The minimum Gasteiger partial charge on any atom is -0.508 e. The molecule has 0 saturated heterocycles. The fraction of sp³-hybridized carbons (Fsp3) is 0.350. The molecule has 1 aliphatic rings. The third-order valence-electron chi connectivity index (χ3n) is 5.14. The van der Waals surface area contributed by atoms with E-state index in [-0.39, 0.29) is 5.75 Å². The number of aryl methyl sites for hydroxylation is 1. The molecule has 1 aromatic carbocycles. The van der Waals surface area contributed by atoms with Crippen LogP contribution in [0.5, 0.6) is 5.75 Å². The van der Waals surface area contributed by atoms with Gasteiger partial charge in [-0.25, -0.2) is 15.0 Å². The van der Waals surface area contributed by atoms with Gasteiger partial charge in [0, 0.05) is 29.1 Å². The highest BCUT2D eigenvalue weighted by Gasteiger charge is 2.30. The molecular weight excluding hydrogens is 326 g/mol. The van der Waals surface area contributed by atoms with Crippen LogP contribution in [0.1, 0.15) is 30.9 Å². The van der Waals surface area contributed by atoms with E-state index < -0.39 is 0 Å². The van der Waals surface area contributed by atoms with Crippen molar-refractivity contribution >= 4 is 22.5 Å². The number of hydrogen-bond acceptors (Lipinski definition) is 6. The van der Waals surface area contributed by atoms with Crippen LogP contribution in [0.4, 0.5) is 11.6 Å². The number of aromatic nitrogens is 3. The van der Waals surface area contributed by atoms with E-state index in [9.17, 15) is 5.11 Å². The van der Waals surface area contributed by atoms with Gasteiger partial charge in [-0.15, -0.1) is 0 Å². The van der Waals surface area contributed by atoms with Crippen molar-refractivity contribution in [2.75, 3.05) is 17.2 Å². The molecular formula is C20H23N5O. The Balaban J connectivity index is 2.05. The van der Waals surface area contributed by atoms with Gasteiger partial charge in [0.1, 0.15) is 29.2 Å². The first kappa shape index (κ1) is 16.6. The lowest BCUT2D eigenvalue weighted by molar-refractivity contribution is 0.471. The third-order valence-corrected chi connectivity index (χ3v) is 5.14. The first-order chi connectivity index (χ1) is 12.5. The van der Waals surface area contributed by atoms with Gasteiger partial charge in [0.2, 0.25) is 0 Å². The maximum atomic E-state index is 10.2. The Morgan fingerprint density at radius 1 is 1.23 bits per heavy atom. The standard InChI is InChI=1S/C20H23N5O/c1-4-25(13-6-7-13)16-9-14-18(22-10-23-20(14)21)19(24-16)17-11(2)5-8-15(26)12(17)3/h5,8-10,13,26H,4,6-7H2,1-3H3,(H2,21,22,23). The lowest BCUT2D eigenvalue weighted by Crippen LogP contribution is -2.26. The predicted octanol–water partition coefficient (Wildman–Crippen LogP) is 3.59. The van der Waals surface area contributed by atoms with Crippen LogP contribution in [-0.4, -0.2) is 32.6 Å². The Labute approximate surface area is 152 Å². The number of pyridine rings is 1. The normalized spacial score (nSPS) is 14.0. The van der Waals surface area contributed by atoms with E-state index in [1.807, 2.05) is 26.0 Å². The van der Waals surface area contributed by atoms with Crippen LogP contribution < -0.4 is 10.6 Å². The zero-order valence-corrected chi connectivity index (χ0v) is 15.3. The Kier molecular flexibility index (Phi) is 3.90. The van der Waals surface area contributed by atoms with E-state index >= 15 is 0 Å². The summed E-state index contributed by atoms with van der Waals surface area (Å²) in [4.78, 5) is 15.9. The topological polar surface area (TPSA) is 88.2 Å². The van der Waals surface area contributed by atoms with Crippen LogP contribution in [0.3, 0.4) is 0 Å². The summed E-state index contributed by atoms with van der Waals surface area (Å²) in [6.45, 7) is 6.94. The van der Waals surface area contributed by atoms with Crippen LogP contribution in [0, 0.1) is 13.8 Å². The number of rotatable bonds is 4. The summed E-state index contributed by atoms with van der Waals surface area (Å²) >= 11 is 0. The predicted molar refractivity (Wildman–Crippen MR) is 104 cm³/mol. The quantitative estimate of drug-likeness (QED) is 0.748. The molecule has 0 unspecified atom stereocenters. The second-order valence-electron chi connectivity index (χ2n) is 6.90. The highest BCUT2D eigenvalue weighted by atomic mass is 16.3. The summed E-state index contributed by atoms with van der Waals surface area (Å²) in [5.74, 6) is 1.59. The molecule has 0 bridgehead atoms. The van der Waals surface area contributed by atoms with Gasteiger partial charge in [0.05, 0.1) is 5.69 Å². The highest BCUT2D eigenvalue weighted by molar-refractivity contribution is 5.99. The summed E-state index contributed by atoms with van der Waals surface area (Å²) in [7, 11) is 0. The van der Waals surface area contributed by atoms with Gasteiger partial charge in [-0.05, 0) is 51.3 Å². The summed E-state index contributed by atoms with van der Waals surface area (Å²) in [6, 6.07) is 6.14. The smallest absolute Gasteiger partial charge is 0.134 e. The first-order valence-corrected chi connectivity index (χ1v) is 8.98. The SMILES string of the molecule is CCN(c1cc2c(N)ncnc2c(-c2c(C)ccc(O)c2C)n1)C1CC1. The molecule has 6 nitrogen and oxygen atoms in total. The zero-order chi connectivity index (χ0) is 18.4. The number of hydrogen-bond donors (Lipinski definition) is 2. The molecule has 3 N–H and O–H groups in total. The van der Waals surface area contributed by atoms with Gasteiger partial charge in [-0.1, -0.05) is 6.07 Å². The van der Waals surface area contributed by atoms with Crippen molar-refractivity contribution in [3.63, 3.8) is 0 Å². The van der Waals surface area contributed by atoms with E-state index in [1.54, 1.807) is 6.07 Å². The zero-order valence-electron chi connectivity index (χ0n) is 15.3. The summed E-state index contributed by atoms with van der Waals surface area (Å²) in [6.07, 6.45) is 3.84. The van der Waals surface area contributed by atoms with Gasteiger partial charge >= 0.3 is 0 Å². The van der Waals surface area contributed by atoms with Crippen molar-refractivity contribution in [1.82, 2.24) is 15.0 Å². The van der Waals surface area contributed by atoms with Gasteiger partial charge in [0.15, 0.2) is 0 Å². The van der Waals surface area contributed by atoms with Gasteiger partial charge in [-0.2, -0.15) is 0 Å². The molecule has 0 aliphatic heterocycles. The summed E-state index contributed by atoms with van der Waals surface area (Å²) < 4.78 is 0. The summed E-state index contributed by atoms with van der Waals surface area (Å²) in [5, 5.41) is 11.0. The third kappa shape index (κ3) is 2.62. The van der Waals surface area contributed by atoms with Gasteiger partial charge in [-0.3, -0.25) is 0 Å². The Morgan fingerprint density at radius 3 is 2.69 bits per heavy atom. The van der Waals surface area contributed by atoms with Crippen molar-refractivity contribution in [3.05, 3.63) is 35.7 Å². The molecule has 0 radical (unpaired) electrons. The van der Waals surface area contributed by atoms with E-state index in [0.29, 0.717) is 17.4 Å². The van der Waals surface area contributed by atoms with E-state index in [4.69, 9.17) is 10.7 Å². The van der Waals surface area contributed by atoms with Crippen molar-refractivity contribution in [2.45, 2.75) is 39.7 Å². The number of nitrogens with zero attached hydrogens (tertiary/aromatic N) is 4. The molecule has 134 valence electrons. The molecule has 0 spiro atoms. The van der Waals surface area contributed by atoms with Gasteiger partial charge < -0.3 is 15.7 Å². The van der Waals surface area contributed by atoms with Crippen LogP contribution in [-0.2, 0) is 0 Å². The maximum absolute atomic E-state index is 10.2. The fourth-order valence-electron chi connectivity index (χ4n) is 3.58. The molecule has 1 fully saturated rings. The molecule has 3 aromatic rings. The number of nitrogen functional groups attached to an aromatic ring is 1. The Hall–Kier alpha value is -2.89. The number of fused-ring (bicyclic) bond motifs is 1. The molecule has 26 heavy (non-hydrogen) atoms. The molecule has 6 heteroatoms. The average molecular weight is 349 g/mol. The van der Waals surface area contributed by atoms with Crippen LogP contribution in [0.25, 0.3) is 22.2 Å². The molecule has 0 amide bonds.